The number of benzene rings is 2. The first-order chi connectivity index (χ1) is 13.0. The van der Waals surface area contributed by atoms with Crippen LogP contribution >= 0.6 is 11.6 Å². The molecule has 1 unspecified atom stereocenters. The third-order valence-corrected chi connectivity index (χ3v) is 4.20. The average Bonchev–Trinajstić information content (AvgIpc) is 2.68. The average molecular weight is 390 g/mol. The number of halogens is 1. The molecule has 0 fully saturated rings. The fraction of sp³-hybridized carbons (Fsp3) is 0.333. The SMILES string of the molecule is CCCCOC(=O)c1ccc(NC(=O)C(CC)Oc2ccccc2Cl)cc1. The van der Waals surface area contributed by atoms with Crippen molar-refractivity contribution < 1.29 is 19.1 Å². The number of hydrogen-bond acceptors (Lipinski definition) is 4. The summed E-state index contributed by atoms with van der Waals surface area (Å²) in [5.74, 6) is -0.183. The molecule has 0 aromatic heterocycles. The van der Waals surface area contributed by atoms with Crippen LogP contribution in [0.5, 0.6) is 5.75 Å². The number of carbonyl (C=O) groups excluding carboxylic acids is 2. The van der Waals surface area contributed by atoms with Crippen molar-refractivity contribution in [3.05, 3.63) is 59.1 Å². The van der Waals surface area contributed by atoms with Gasteiger partial charge in [-0.25, -0.2) is 4.79 Å². The first kappa shape index (κ1) is 20.8. The van der Waals surface area contributed by atoms with Crippen molar-refractivity contribution in [1.82, 2.24) is 0 Å². The number of amides is 1. The summed E-state index contributed by atoms with van der Waals surface area (Å²) < 4.78 is 10.9. The Bertz CT molecular complexity index is 761. The number of anilines is 1. The molecule has 1 N–H and O–H groups in total. The smallest absolute Gasteiger partial charge is 0.338 e. The monoisotopic (exact) mass is 389 g/mol. The quantitative estimate of drug-likeness (QED) is 0.479. The second kappa shape index (κ2) is 10.6. The lowest BCUT2D eigenvalue weighted by atomic mass is 10.2. The van der Waals surface area contributed by atoms with E-state index in [1.54, 1.807) is 48.5 Å². The number of para-hydroxylation sites is 1. The molecule has 0 aliphatic carbocycles. The summed E-state index contributed by atoms with van der Waals surface area (Å²) in [7, 11) is 0. The second-order valence-corrected chi connectivity index (χ2v) is 6.41. The number of carbonyl (C=O) groups is 2. The molecule has 0 aliphatic heterocycles. The van der Waals surface area contributed by atoms with Gasteiger partial charge in [0.2, 0.25) is 0 Å². The van der Waals surface area contributed by atoms with Crippen LogP contribution in [0.1, 0.15) is 43.5 Å². The van der Waals surface area contributed by atoms with Gasteiger partial charge in [0.05, 0.1) is 17.2 Å². The predicted octanol–water partition coefficient (Wildman–Crippen LogP) is 5.09. The number of esters is 1. The molecule has 6 heteroatoms. The fourth-order valence-corrected chi connectivity index (χ4v) is 2.50. The van der Waals surface area contributed by atoms with E-state index in [9.17, 15) is 9.59 Å². The van der Waals surface area contributed by atoms with Gasteiger partial charge in [-0.2, -0.15) is 0 Å². The molecule has 1 atom stereocenters. The minimum atomic E-state index is -0.677. The first-order valence-electron chi connectivity index (χ1n) is 9.04. The molecule has 0 saturated carbocycles. The lowest BCUT2D eigenvalue weighted by molar-refractivity contribution is -0.122. The van der Waals surface area contributed by atoms with E-state index in [0.29, 0.717) is 35.1 Å². The van der Waals surface area contributed by atoms with Crippen molar-refractivity contribution in [2.24, 2.45) is 0 Å². The van der Waals surface area contributed by atoms with Gasteiger partial charge < -0.3 is 14.8 Å². The molecular weight excluding hydrogens is 366 g/mol. The van der Waals surface area contributed by atoms with E-state index in [1.165, 1.54) is 0 Å². The molecule has 0 saturated heterocycles. The van der Waals surface area contributed by atoms with Crippen LogP contribution in [-0.4, -0.2) is 24.6 Å². The van der Waals surface area contributed by atoms with Crippen LogP contribution in [0.15, 0.2) is 48.5 Å². The molecule has 5 nitrogen and oxygen atoms in total. The van der Waals surface area contributed by atoms with Gasteiger partial charge in [0.25, 0.3) is 5.91 Å². The minimum absolute atomic E-state index is 0.282. The Hall–Kier alpha value is -2.53. The van der Waals surface area contributed by atoms with Gasteiger partial charge in [0.15, 0.2) is 6.10 Å². The Kier molecular flexibility index (Phi) is 8.14. The van der Waals surface area contributed by atoms with E-state index in [0.717, 1.165) is 12.8 Å². The van der Waals surface area contributed by atoms with Gasteiger partial charge in [-0.05, 0) is 49.2 Å². The highest BCUT2D eigenvalue weighted by Crippen LogP contribution is 2.25. The molecule has 144 valence electrons. The highest BCUT2D eigenvalue weighted by atomic mass is 35.5. The van der Waals surface area contributed by atoms with Crippen molar-refractivity contribution >= 4 is 29.2 Å². The Morgan fingerprint density at radius 3 is 2.41 bits per heavy atom. The molecule has 0 heterocycles. The van der Waals surface area contributed by atoms with E-state index < -0.39 is 6.10 Å². The highest BCUT2D eigenvalue weighted by molar-refractivity contribution is 6.32. The summed E-state index contributed by atoms with van der Waals surface area (Å²) in [6.07, 6.45) is 1.61. The highest BCUT2D eigenvalue weighted by Gasteiger charge is 2.19. The van der Waals surface area contributed by atoms with Gasteiger partial charge in [0.1, 0.15) is 5.75 Å². The van der Waals surface area contributed by atoms with Crippen LogP contribution in [0.2, 0.25) is 5.02 Å². The van der Waals surface area contributed by atoms with E-state index >= 15 is 0 Å². The van der Waals surface area contributed by atoms with Crippen molar-refractivity contribution in [3.8, 4) is 5.75 Å². The largest absolute Gasteiger partial charge is 0.479 e. The number of unbranched alkanes of at least 4 members (excludes halogenated alkanes) is 1. The first-order valence-corrected chi connectivity index (χ1v) is 9.42. The van der Waals surface area contributed by atoms with Crippen LogP contribution in [0.25, 0.3) is 0 Å². The molecular formula is C21H24ClNO4. The number of hydrogen-bond donors (Lipinski definition) is 1. The maximum atomic E-state index is 12.5. The van der Waals surface area contributed by atoms with Crippen LogP contribution in [0, 0.1) is 0 Å². The number of rotatable bonds is 9. The Morgan fingerprint density at radius 2 is 1.78 bits per heavy atom. The molecule has 0 aliphatic rings. The van der Waals surface area contributed by atoms with Crippen molar-refractivity contribution in [1.29, 1.82) is 0 Å². The van der Waals surface area contributed by atoms with Crippen LogP contribution in [-0.2, 0) is 9.53 Å². The van der Waals surface area contributed by atoms with Crippen LogP contribution in [0.3, 0.4) is 0 Å². The van der Waals surface area contributed by atoms with Crippen molar-refractivity contribution in [3.63, 3.8) is 0 Å². The third kappa shape index (κ3) is 6.29. The Morgan fingerprint density at radius 1 is 1.07 bits per heavy atom. The summed E-state index contributed by atoms with van der Waals surface area (Å²) >= 11 is 6.08. The van der Waals surface area contributed by atoms with E-state index in [1.807, 2.05) is 13.8 Å². The second-order valence-electron chi connectivity index (χ2n) is 6.00. The van der Waals surface area contributed by atoms with Crippen molar-refractivity contribution in [2.75, 3.05) is 11.9 Å². The normalized spacial score (nSPS) is 11.5. The summed E-state index contributed by atoms with van der Waals surface area (Å²) in [6, 6.07) is 13.6. The summed E-state index contributed by atoms with van der Waals surface area (Å²) in [5, 5.41) is 3.25. The van der Waals surface area contributed by atoms with Crippen LogP contribution < -0.4 is 10.1 Å². The molecule has 0 spiro atoms. The Labute approximate surface area is 164 Å². The van der Waals surface area contributed by atoms with E-state index in [4.69, 9.17) is 21.1 Å². The van der Waals surface area contributed by atoms with Gasteiger partial charge in [-0.15, -0.1) is 0 Å². The summed E-state index contributed by atoms with van der Waals surface area (Å²) in [5.41, 5.74) is 1.02. The lowest BCUT2D eigenvalue weighted by Gasteiger charge is -2.18. The molecule has 1 amide bonds. The minimum Gasteiger partial charge on any atom is -0.479 e. The van der Waals surface area contributed by atoms with Gasteiger partial charge in [0, 0.05) is 5.69 Å². The molecule has 2 aromatic rings. The fourth-order valence-electron chi connectivity index (χ4n) is 2.32. The molecule has 2 rings (SSSR count). The lowest BCUT2D eigenvalue weighted by Crippen LogP contribution is -2.32. The number of nitrogens with one attached hydrogen (secondary N) is 1. The molecule has 0 bridgehead atoms. The Balaban J connectivity index is 1.95. The van der Waals surface area contributed by atoms with E-state index in [-0.39, 0.29) is 11.9 Å². The maximum Gasteiger partial charge on any atom is 0.338 e. The van der Waals surface area contributed by atoms with Crippen LogP contribution in [0.4, 0.5) is 5.69 Å². The van der Waals surface area contributed by atoms with Crippen molar-refractivity contribution in [2.45, 2.75) is 39.2 Å². The van der Waals surface area contributed by atoms with E-state index in [2.05, 4.69) is 5.32 Å². The zero-order valence-electron chi connectivity index (χ0n) is 15.5. The molecule has 2 aromatic carbocycles. The predicted molar refractivity (Wildman–Crippen MR) is 106 cm³/mol. The summed E-state index contributed by atoms with van der Waals surface area (Å²) in [4.78, 5) is 24.4. The number of ether oxygens (including phenoxy) is 2. The summed E-state index contributed by atoms with van der Waals surface area (Å²) in [6.45, 7) is 4.30. The molecule has 0 radical (unpaired) electrons. The topological polar surface area (TPSA) is 64.6 Å². The third-order valence-electron chi connectivity index (χ3n) is 3.89. The standard InChI is InChI=1S/C21H24ClNO4/c1-3-5-14-26-21(25)15-10-12-16(13-11-15)23-20(24)18(4-2)27-19-9-7-6-8-17(19)22/h6-13,18H,3-5,14H2,1-2H3,(H,23,24). The zero-order chi connectivity index (χ0) is 19.6. The van der Waals surface area contributed by atoms with Gasteiger partial charge in [-0.1, -0.05) is 44.0 Å². The molecule has 27 heavy (non-hydrogen) atoms. The zero-order valence-corrected chi connectivity index (χ0v) is 16.3. The van der Waals surface area contributed by atoms with Gasteiger partial charge in [-0.3, -0.25) is 4.79 Å². The van der Waals surface area contributed by atoms with Gasteiger partial charge >= 0.3 is 5.97 Å². The maximum absolute atomic E-state index is 12.5.